The Morgan fingerprint density at radius 2 is 2.08 bits per heavy atom. The van der Waals surface area contributed by atoms with Crippen LogP contribution in [0.25, 0.3) is 0 Å². The minimum Gasteiger partial charge on any atom is -0.376 e. The summed E-state index contributed by atoms with van der Waals surface area (Å²) < 4.78 is 61.6. The highest BCUT2D eigenvalue weighted by Gasteiger charge is 2.34. The van der Waals surface area contributed by atoms with Crippen molar-refractivity contribution < 1.29 is 26.4 Å². The van der Waals surface area contributed by atoms with Crippen molar-refractivity contribution in [2.45, 2.75) is 25.6 Å². The fourth-order valence-electron chi connectivity index (χ4n) is 2.79. The summed E-state index contributed by atoms with van der Waals surface area (Å²) >= 11 is 5.55. The van der Waals surface area contributed by atoms with E-state index in [2.05, 4.69) is 5.32 Å². The van der Waals surface area contributed by atoms with Crippen LogP contribution in [0, 0.1) is 0 Å². The van der Waals surface area contributed by atoms with E-state index in [1.54, 1.807) is 6.92 Å². The van der Waals surface area contributed by atoms with E-state index >= 15 is 0 Å². The van der Waals surface area contributed by atoms with E-state index in [-0.39, 0.29) is 35.7 Å². The number of halogens is 4. The highest BCUT2D eigenvalue weighted by atomic mass is 35.5. The van der Waals surface area contributed by atoms with Crippen molar-refractivity contribution in [3.8, 4) is 0 Å². The number of likely N-dealkylation sites (N-methyl/N-ethyl adjacent to an activating group) is 1. The number of anilines is 1. The normalized spacial score (nSPS) is 19.6. The molecule has 1 unspecified atom stereocenters. The maximum absolute atomic E-state index is 12.8. The number of alkyl halides is 3. The summed E-state index contributed by atoms with van der Waals surface area (Å²) in [6, 6.07) is 2.91. The number of carbonyl (C=O) groups excluding carboxylic acids is 1. The van der Waals surface area contributed by atoms with Gasteiger partial charge in [-0.2, -0.15) is 13.2 Å². The minimum absolute atomic E-state index is 0.0427. The molecule has 2 rings (SSSR count). The minimum atomic E-state index is -4.59. The van der Waals surface area contributed by atoms with Crippen LogP contribution >= 0.6 is 11.6 Å². The smallest absolute Gasteiger partial charge is 0.376 e. The summed E-state index contributed by atoms with van der Waals surface area (Å²) in [6.45, 7) is 1.82. The zero-order chi connectivity index (χ0) is 18.8. The van der Waals surface area contributed by atoms with Crippen LogP contribution in [-0.2, 0) is 20.8 Å². The molecule has 1 fully saturated rings. The fraction of sp³-hybridized carbons (Fsp3) is 0.533. The first-order valence-corrected chi connectivity index (χ1v) is 9.84. The third-order valence-electron chi connectivity index (χ3n) is 4.03. The number of hydrogen-bond donors (Lipinski definition) is 1. The SMILES string of the molecule is CCN(C(=O)CNc1ccc(Cl)c(C(F)(F)F)c1)C1CCS(=O)(=O)C1. The maximum Gasteiger partial charge on any atom is 0.417 e. The topological polar surface area (TPSA) is 66.5 Å². The Hall–Kier alpha value is -1.48. The lowest BCUT2D eigenvalue weighted by molar-refractivity contribution is -0.137. The van der Waals surface area contributed by atoms with E-state index < -0.39 is 26.6 Å². The van der Waals surface area contributed by atoms with Crippen molar-refractivity contribution in [2.24, 2.45) is 0 Å². The number of rotatable bonds is 5. The summed E-state index contributed by atoms with van der Waals surface area (Å²) in [5.41, 5.74) is -0.874. The summed E-state index contributed by atoms with van der Waals surface area (Å²) in [5, 5.41) is 2.22. The lowest BCUT2D eigenvalue weighted by atomic mass is 10.2. The van der Waals surface area contributed by atoms with Gasteiger partial charge in [-0.1, -0.05) is 11.6 Å². The maximum atomic E-state index is 12.8. The first-order chi connectivity index (χ1) is 11.5. The molecule has 0 aromatic heterocycles. The number of nitrogens with zero attached hydrogens (tertiary/aromatic N) is 1. The van der Waals surface area contributed by atoms with Gasteiger partial charge in [0.25, 0.3) is 0 Å². The quantitative estimate of drug-likeness (QED) is 0.828. The van der Waals surface area contributed by atoms with Gasteiger partial charge >= 0.3 is 6.18 Å². The molecule has 0 bridgehead atoms. The molecule has 0 spiro atoms. The largest absolute Gasteiger partial charge is 0.417 e. The zero-order valence-electron chi connectivity index (χ0n) is 13.4. The first kappa shape index (κ1) is 19.8. The van der Waals surface area contributed by atoms with E-state index in [9.17, 15) is 26.4 Å². The molecule has 0 aliphatic carbocycles. The van der Waals surface area contributed by atoms with Crippen molar-refractivity contribution in [1.29, 1.82) is 0 Å². The molecule has 1 heterocycles. The van der Waals surface area contributed by atoms with Crippen molar-refractivity contribution in [3.05, 3.63) is 28.8 Å². The predicted octanol–water partition coefficient (Wildman–Crippen LogP) is 2.81. The molecule has 1 N–H and O–H groups in total. The van der Waals surface area contributed by atoms with Gasteiger partial charge in [0.15, 0.2) is 9.84 Å². The van der Waals surface area contributed by atoms with Gasteiger partial charge in [-0.3, -0.25) is 4.79 Å². The van der Waals surface area contributed by atoms with Crippen LogP contribution < -0.4 is 5.32 Å². The molecule has 1 aliphatic heterocycles. The van der Waals surface area contributed by atoms with E-state index in [1.165, 1.54) is 11.0 Å². The molecular weight excluding hydrogens is 381 g/mol. The molecule has 25 heavy (non-hydrogen) atoms. The second-order valence-corrected chi connectivity index (χ2v) is 8.42. The molecule has 1 atom stereocenters. The molecule has 1 amide bonds. The third kappa shape index (κ3) is 5.01. The van der Waals surface area contributed by atoms with Gasteiger partial charge in [0.1, 0.15) is 0 Å². The van der Waals surface area contributed by atoms with Gasteiger partial charge in [0.05, 0.1) is 28.6 Å². The first-order valence-electron chi connectivity index (χ1n) is 7.64. The second-order valence-electron chi connectivity index (χ2n) is 5.78. The van der Waals surface area contributed by atoms with E-state index in [4.69, 9.17) is 11.6 Å². The molecule has 5 nitrogen and oxygen atoms in total. The van der Waals surface area contributed by atoms with Gasteiger partial charge in [-0.05, 0) is 31.5 Å². The van der Waals surface area contributed by atoms with Gasteiger partial charge in [0, 0.05) is 18.3 Å². The Morgan fingerprint density at radius 3 is 2.60 bits per heavy atom. The van der Waals surface area contributed by atoms with Crippen LogP contribution in [0.5, 0.6) is 0 Å². The molecule has 10 heteroatoms. The Bertz CT molecular complexity index is 753. The average Bonchev–Trinajstić information content (AvgIpc) is 2.86. The van der Waals surface area contributed by atoms with Crippen LogP contribution in [0.4, 0.5) is 18.9 Å². The predicted molar refractivity (Wildman–Crippen MR) is 89.4 cm³/mol. The molecular formula is C15H18ClF3N2O3S. The van der Waals surface area contributed by atoms with Gasteiger partial charge in [-0.15, -0.1) is 0 Å². The Morgan fingerprint density at radius 1 is 1.40 bits per heavy atom. The number of carbonyl (C=O) groups is 1. The number of nitrogens with one attached hydrogen (secondary N) is 1. The number of sulfone groups is 1. The van der Waals surface area contributed by atoms with Crippen molar-refractivity contribution in [1.82, 2.24) is 4.90 Å². The number of amides is 1. The molecule has 0 radical (unpaired) electrons. The summed E-state index contributed by atoms with van der Waals surface area (Å²) in [6.07, 6.45) is -4.21. The Kier molecular flexibility index (Phi) is 5.88. The van der Waals surface area contributed by atoms with Gasteiger partial charge < -0.3 is 10.2 Å². The standard InChI is InChI=1S/C15H18ClF3N2O3S/c1-2-21(11-5-6-25(23,24)9-11)14(22)8-20-10-3-4-13(16)12(7-10)15(17,18)19/h3-4,7,11,20H,2,5-6,8-9H2,1H3. The number of benzene rings is 1. The van der Waals surface area contributed by atoms with Crippen LogP contribution in [0.2, 0.25) is 5.02 Å². The molecule has 1 aliphatic rings. The Labute approximate surface area is 149 Å². The molecule has 140 valence electrons. The van der Waals surface area contributed by atoms with Crippen LogP contribution in [0.3, 0.4) is 0 Å². The molecule has 1 saturated heterocycles. The lowest BCUT2D eigenvalue weighted by Gasteiger charge is -2.27. The molecule has 1 aromatic carbocycles. The van der Waals surface area contributed by atoms with Gasteiger partial charge in [-0.25, -0.2) is 8.42 Å². The average molecular weight is 399 g/mol. The highest BCUT2D eigenvalue weighted by Crippen LogP contribution is 2.36. The summed E-state index contributed by atoms with van der Waals surface area (Å²) in [4.78, 5) is 13.8. The number of hydrogen-bond acceptors (Lipinski definition) is 4. The lowest BCUT2D eigenvalue weighted by Crippen LogP contribution is -2.43. The fourth-order valence-corrected chi connectivity index (χ4v) is 4.75. The monoisotopic (exact) mass is 398 g/mol. The summed E-state index contributed by atoms with van der Waals surface area (Å²) in [7, 11) is -3.13. The van der Waals surface area contributed by atoms with Crippen LogP contribution in [0.15, 0.2) is 18.2 Å². The third-order valence-corrected chi connectivity index (χ3v) is 6.11. The second kappa shape index (κ2) is 7.41. The van der Waals surface area contributed by atoms with Crippen molar-refractivity contribution >= 4 is 33.0 Å². The Balaban J connectivity index is 2.04. The highest BCUT2D eigenvalue weighted by molar-refractivity contribution is 7.91. The van der Waals surface area contributed by atoms with Crippen LogP contribution in [-0.4, -0.2) is 49.9 Å². The van der Waals surface area contributed by atoms with Crippen LogP contribution in [0.1, 0.15) is 18.9 Å². The van der Waals surface area contributed by atoms with E-state index in [0.717, 1.165) is 12.1 Å². The van der Waals surface area contributed by atoms with E-state index in [0.29, 0.717) is 13.0 Å². The molecule has 0 saturated carbocycles. The molecule has 1 aromatic rings. The van der Waals surface area contributed by atoms with E-state index in [1.807, 2.05) is 0 Å². The van der Waals surface area contributed by atoms with Crippen molar-refractivity contribution in [3.63, 3.8) is 0 Å². The van der Waals surface area contributed by atoms with Gasteiger partial charge in [0.2, 0.25) is 5.91 Å². The summed E-state index contributed by atoms with van der Waals surface area (Å²) in [5.74, 6) is -0.402. The van der Waals surface area contributed by atoms with Crippen molar-refractivity contribution in [2.75, 3.05) is 29.9 Å². The zero-order valence-corrected chi connectivity index (χ0v) is 15.0.